The molecule has 0 radical (unpaired) electrons. The maximum absolute atomic E-state index is 3.55. The van der Waals surface area contributed by atoms with Crippen LogP contribution >= 0.6 is 11.3 Å². The summed E-state index contributed by atoms with van der Waals surface area (Å²) in [5.74, 6) is 0. The van der Waals surface area contributed by atoms with E-state index >= 15 is 0 Å². The molecular weight excluding hydrogens is 216 g/mol. The van der Waals surface area contributed by atoms with E-state index in [4.69, 9.17) is 0 Å². The minimum Gasteiger partial charge on any atom is -0.314 e. The van der Waals surface area contributed by atoms with E-state index < -0.39 is 0 Å². The van der Waals surface area contributed by atoms with Crippen molar-refractivity contribution in [1.82, 2.24) is 10.2 Å². The highest BCUT2D eigenvalue weighted by molar-refractivity contribution is 7.09. The minimum absolute atomic E-state index is 0.767. The average Bonchev–Trinajstić information content (AvgIpc) is 2.82. The highest BCUT2D eigenvalue weighted by Crippen LogP contribution is 2.13. The van der Waals surface area contributed by atoms with E-state index in [1.165, 1.54) is 43.8 Å². The highest BCUT2D eigenvalue weighted by atomic mass is 32.1. The van der Waals surface area contributed by atoms with Gasteiger partial charge in [0.15, 0.2) is 0 Å². The van der Waals surface area contributed by atoms with Gasteiger partial charge in [0, 0.05) is 17.5 Å². The van der Waals surface area contributed by atoms with Gasteiger partial charge in [-0.05, 0) is 50.3 Å². The zero-order valence-corrected chi connectivity index (χ0v) is 10.9. The fourth-order valence-electron chi connectivity index (χ4n) is 2.37. The normalized spacial score (nSPS) is 19.1. The van der Waals surface area contributed by atoms with Crippen LogP contribution in [0.25, 0.3) is 0 Å². The maximum Gasteiger partial charge on any atom is 0.00912 e. The van der Waals surface area contributed by atoms with E-state index in [0.29, 0.717) is 0 Å². The molecule has 1 aromatic heterocycles. The van der Waals surface area contributed by atoms with Crippen molar-refractivity contribution in [2.75, 3.05) is 26.2 Å². The number of piperidine rings is 1. The Labute approximate surface area is 103 Å². The number of hydrogen-bond acceptors (Lipinski definition) is 3. The SMILES string of the molecule is CCNC1CCN(CCc2cccs2)CC1. The molecule has 1 fully saturated rings. The maximum atomic E-state index is 3.55. The van der Waals surface area contributed by atoms with Crippen LogP contribution in [0.2, 0.25) is 0 Å². The first-order valence-electron chi connectivity index (χ1n) is 6.36. The molecule has 1 aliphatic rings. The van der Waals surface area contributed by atoms with Gasteiger partial charge >= 0.3 is 0 Å². The smallest absolute Gasteiger partial charge is 0.00912 e. The predicted molar refractivity (Wildman–Crippen MR) is 71.2 cm³/mol. The molecule has 0 amide bonds. The zero-order valence-electron chi connectivity index (χ0n) is 10.1. The predicted octanol–water partition coefficient (Wildman–Crippen LogP) is 2.36. The van der Waals surface area contributed by atoms with Crippen molar-refractivity contribution < 1.29 is 0 Å². The third-order valence-electron chi connectivity index (χ3n) is 3.33. The third-order valence-corrected chi connectivity index (χ3v) is 4.27. The second kappa shape index (κ2) is 6.38. The van der Waals surface area contributed by atoms with Crippen LogP contribution in [0.5, 0.6) is 0 Å². The Morgan fingerprint density at radius 1 is 1.44 bits per heavy atom. The van der Waals surface area contributed by atoms with Crippen molar-refractivity contribution in [3.8, 4) is 0 Å². The lowest BCUT2D eigenvalue weighted by Crippen LogP contribution is -2.42. The lowest BCUT2D eigenvalue weighted by atomic mass is 10.0. The second-order valence-electron chi connectivity index (χ2n) is 4.50. The van der Waals surface area contributed by atoms with Crippen molar-refractivity contribution in [3.63, 3.8) is 0 Å². The second-order valence-corrected chi connectivity index (χ2v) is 5.54. The molecule has 2 heterocycles. The molecule has 1 aliphatic heterocycles. The Bertz CT molecular complexity index is 276. The largest absolute Gasteiger partial charge is 0.314 e. The summed E-state index contributed by atoms with van der Waals surface area (Å²) in [5, 5.41) is 5.72. The Kier molecular flexibility index (Phi) is 4.82. The molecule has 1 saturated heterocycles. The summed E-state index contributed by atoms with van der Waals surface area (Å²) in [4.78, 5) is 4.13. The first-order chi connectivity index (χ1) is 7.88. The topological polar surface area (TPSA) is 15.3 Å². The lowest BCUT2D eigenvalue weighted by Gasteiger charge is -2.32. The van der Waals surface area contributed by atoms with Gasteiger partial charge in [-0.1, -0.05) is 13.0 Å². The van der Waals surface area contributed by atoms with Gasteiger partial charge in [0.25, 0.3) is 0 Å². The van der Waals surface area contributed by atoms with E-state index in [2.05, 4.69) is 34.7 Å². The van der Waals surface area contributed by atoms with E-state index in [0.717, 1.165) is 12.6 Å². The van der Waals surface area contributed by atoms with Crippen LogP contribution in [0.15, 0.2) is 17.5 Å². The van der Waals surface area contributed by atoms with Crippen LogP contribution in [-0.4, -0.2) is 37.1 Å². The van der Waals surface area contributed by atoms with Crippen LogP contribution in [-0.2, 0) is 6.42 Å². The molecule has 2 nitrogen and oxygen atoms in total. The monoisotopic (exact) mass is 238 g/mol. The van der Waals surface area contributed by atoms with Gasteiger partial charge in [-0.15, -0.1) is 11.3 Å². The van der Waals surface area contributed by atoms with E-state index in [1.807, 2.05) is 11.3 Å². The minimum atomic E-state index is 0.767. The van der Waals surface area contributed by atoms with E-state index in [1.54, 1.807) is 0 Å². The van der Waals surface area contributed by atoms with E-state index in [9.17, 15) is 0 Å². The molecule has 0 unspecified atom stereocenters. The molecule has 2 rings (SSSR count). The third kappa shape index (κ3) is 3.58. The standard InChI is InChI=1S/C13H22N2S/c1-2-14-12-5-8-15(9-6-12)10-7-13-4-3-11-16-13/h3-4,11-12,14H,2,5-10H2,1H3. The summed E-state index contributed by atoms with van der Waals surface area (Å²) < 4.78 is 0. The Hall–Kier alpha value is -0.380. The van der Waals surface area contributed by atoms with Gasteiger partial charge in [0.1, 0.15) is 0 Å². The molecular formula is C13H22N2S. The molecule has 0 atom stereocenters. The molecule has 90 valence electrons. The van der Waals surface area contributed by atoms with Crippen molar-refractivity contribution in [2.24, 2.45) is 0 Å². The summed E-state index contributed by atoms with van der Waals surface area (Å²) in [5.41, 5.74) is 0. The van der Waals surface area contributed by atoms with E-state index in [-0.39, 0.29) is 0 Å². The van der Waals surface area contributed by atoms with Crippen LogP contribution in [0.4, 0.5) is 0 Å². The van der Waals surface area contributed by atoms with Gasteiger partial charge in [-0.2, -0.15) is 0 Å². The summed E-state index contributed by atoms with van der Waals surface area (Å²) in [6, 6.07) is 5.16. The van der Waals surface area contributed by atoms with Crippen LogP contribution in [0.1, 0.15) is 24.6 Å². The lowest BCUT2D eigenvalue weighted by molar-refractivity contribution is 0.201. The highest BCUT2D eigenvalue weighted by Gasteiger charge is 2.17. The van der Waals surface area contributed by atoms with Crippen molar-refractivity contribution in [1.29, 1.82) is 0 Å². The zero-order chi connectivity index (χ0) is 11.2. The van der Waals surface area contributed by atoms with Crippen LogP contribution in [0, 0.1) is 0 Å². The van der Waals surface area contributed by atoms with Gasteiger partial charge in [0.2, 0.25) is 0 Å². The molecule has 0 saturated carbocycles. The Morgan fingerprint density at radius 3 is 2.88 bits per heavy atom. The van der Waals surface area contributed by atoms with Gasteiger partial charge < -0.3 is 10.2 Å². The fourth-order valence-corrected chi connectivity index (χ4v) is 3.07. The first kappa shape index (κ1) is 12.1. The number of nitrogens with zero attached hydrogens (tertiary/aromatic N) is 1. The number of likely N-dealkylation sites (tertiary alicyclic amines) is 1. The number of thiophene rings is 1. The Balaban J connectivity index is 1.65. The van der Waals surface area contributed by atoms with Crippen molar-refractivity contribution in [3.05, 3.63) is 22.4 Å². The average molecular weight is 238 g/mol. The van der Waals surface area contributed by atoms with Gasteiger partial charge in [-0.25, -0.2) is 0 Å². The molecule has 3 heteroatoms. The fraction of sp³-hybridized carbons (Fsp3) is 0.692. The molecule has 0 bridgehead atoms. The number of nitrogens with one attached hydrogen (secondary N) is 1. The number of hydrogen-bond donors (Lipinski definition) is 1. The Morgan fingerprint density at radius 2 is 2.25 bits per heavy atom. The van der Waals surface area contributed by atoms with Crippen molar-refractivity contribution in [2.45, 2.75) is 32.2 Å². The summed E-state index contributed by atoms with van der Waals surface area (Å²) in [6.45, 7) is 7.08. The summed E-state index contributed by atoms with van der Waals surface area (Å²) in [7, 11) is 0. The quantitative estimate of drug-likeness (QED) is 0.847. The first-order valence-corrected chi connectivity index (χ1v) is 7.24. The molecule has 0 spiro atoms. The summed E-state index contributed by atoms with van der Waals surface area (Å²) in [6.07, 6.45) is 3.86. The molecule has 0 aliphatic carbocycles. The molecule has 16 heavy (non-hydrogen) atoms. The number of rotatable bonds is 5. The van der Waals surface area contributed by atoms with Crippen LogP contribution in [0.3, 0.4) is 0 Å². The van der Waals surface area contributed by atoms with Crippen molar-refractivity contribution >= 4 is 11.3 Å². The molecule has 1 N–H and O–H groups in total. The van der Waals surface area contributed by atoms with Gasteiger partial charge in [-0.3, -0.25) is 0 Å². The molecule has 1 aromatic rings. The summed E-state index contributed by atoms with van der Waals surface area (Å²) >= 11 is 1.88. The molecule has 0 aromatic carbocycles. The van der Waals surface area contributed by atoms with Crippen LogP contribution < -0.4 is 5.32 Å². The van der Waals surface area contributed by atoms with Gasteiger partial charge in [0.05, 0.1) is 0 Å².